The molecule has 1 aromatic heterocycles. The van der Waals surface area contributed by atoms with Gasteiger partial charge in [-0.05, 0) is 62.3 Å². The molecule has 40 heavy (non-hydrogen) atoms. The summed E-state index contributed by atoms with van der Waals surface area (Å²) in [5.41, 5.74) is -5.94. The summed E-state index contributed by atoms with van der Waals surface area (Å²) in [4.78, 5) is 14.5. The fourth-order valence-corrected chi connectivity index (χ4v) is 10.6. The Kier molecular flexibility index (Phi) is 8.23. The van der Waals surface area contributed by atoms with E-state index in [9.17, 15) is 15.2 Å². The fourth-order valence-electron chi connectivity index (χ4n) is 8.45. The van der Waals surface area contributed by atoms with E-state index in [0.29, 0.717) is 12.8 Å². The van der Waals surface area contributed by atoms with Crippen molar-refractivity contribution in [3.8, 4) is 6.07 Å². The predicted octanol–water partition coefficient (Wildman–Crippen LogP) is 9.74. The number of rotatable bonds is 3. The number of carbonyl (C=O) groups is 1. The highest BCUT2D eigenvalue weighted by atomic mass is 127. The first-order valence-electron chi connectivity index (χ1n) is 14.0. The largest absolute Gasteiger partial charge is 0.465 e. The van der Waals surface area contributed by atoms with Gasteiger partial charge >= 0.3 is 6.09 Å². The Balaban J connectivity index is 2.55. The van der Waals surface area contributed by atoms with Crippen molar-refractivity contribution in [3.05, 3.63) is 26.6 Å². The molecule has 0 bridgehead atoms. The number of piperidine rings is 1. The highest BCUT2D eigenvalue weighted by molar-refractivity contribution is 14.1. The van der Waals surface area contributed by atoms with Crippen molar-refractivity contribution < 1.29 is 14.3 Å². The number of nitrogens with zero attached hydrogens (tertiary/aromatic N) is 2. The van der Waals surface area contributed by atoms with Crippen molar-refractivity contribution in [2.45, 2.75) is 113 Å². The Labute approximate surface area is 258 Å². The van der Waals surface area contributed by atoms with E-state index in [-0.39, 0.29) is 6.54 Å². The number of halogens is 2. The Bertz CT molecular complexity index is 1320. The summed E-state index contributed by atoms with van der Waals surface area (Å²) in [6.07, 6.45) is -0.477. The van der Waals surface area contributed by atoms with Crippen LogP contribution in [0.1, 0.15) is 95.1 Å². The van der Waals surface area contributed by atoms with E-state index in [1.165, 1.54) is 4.90 Å². The molecular weight excluding hydrogens is 636 g/mol. The van der Waals surface area contributed by atoms with Gasteiger partial charge in [-0.15, -0.1) is 11.3 Å². The summed E-state index contributed by atoms with van der Waals surface area (Å²) in [6.45, 7) is 24.1. The number of hydrogen-bond acceptors (Lipinski definition) is 4. The molecule has 1 amide bonds. The average molecular weight is 684 g/mol. The van der Waals surface area contributed by atoms with Crippen LogP contribution >= 0.6 is 33.9 Å². The number of nitrogens with one attached hydrogen (secondary N) is 1. The van der Waals surface area contributed by atoms with E-state index < -0.39 is 44.5 Å². The summed E-state index contributed by atoms with van der Waals surface area (Å²) >= 11 is 3.91. The highest BCUT2D eigenvalue weighted by Gasteiger charge is 2.81. The van der Waals surface area contributed by atoms with E-state index in [0.717, 1.165) is 24.2 Å². The molecule has 1 aliphatic heterocycles. The molecule has 2 atom stereocenters. The van der Waals surface area contributed by atoms with E-state index in [1.54, 1.807) is 11.3 Å². The molecule has 222 valence electrons. The zero-order valence-electron chi connectivity index (χ0n) is 26.3. The lowest BCUT2D eigenvalue weighted by Gasteiger charge is -2.76. The van der Waals surface area contributed by atoms with Gasteiger partial charge in [-0.2, -0.15) is 5.26 Å². The Hall–Kier alpha value is -1.60. The molecule has 0 radical (unpaired) electrons. The third-order valence-corrected chi connectivity index (χ3v) is 11.7. The van der Waals surface area contributed by atoms with E-state index >= 15 is 4.39 Å². The molecule has 2 unspecified atom stereocenters. The van der Waals surface area contributed by atoms with Gasteiger partial charge < -0.3 is 10.4 Å². The predicted molar refractivity (Wildman–Crippen MR) is 174 cm³/mol. The quantitative estimate of drug-likeness (QED) is 0.316. The highest BCUT2D eigenvalue weighted by Crippen LogP contribution is 2.70. The first-order chi connectivity index (χ1) is 18.0. The molecule has 3 rings (SSSR count). The number of benzene rings is 1. The number of anilines is 1. The van der Waals surface area contributed by atoms with Crippen LogP contribution in [0.15, 0.2) is 18.2 Å². The van der Waals surface area contributed by atoms with Crippen LogP contribution in [0, 0.1) is 35.9 Å². The van der Waals surface area contributed by atoms with Gasteiger partial charge in [-0.25, -0.2) is 9.18 Å². The third-order valence-electron chi connectivity index (χ3n) is 9.29. The van der Waals surface area contributed by atoms with Crippen LogP contribution in [-0.2, 0) is 6.42 Å². The standard InChI is InChI=1S/C32H47FIN3O2S/c1-26(2,3)30(36-22-15-13-14-20-21(16-18-35)24(34)40-23(20)22)17-19-37(25(38)39)32(28(7,8)9,29(10,11)12)31(30,33)27(4,5)6/h13-15,36H,16-17,19H2,1-12H3,(H,38,39). The lowest BCUT2D eigenvalue weighted by molar-refractivity contribution is -0.267. The van der Waals surface area contributed by atoms with Crippen LogP contribution in [-0.4, -0.2) is 39.4 Å². The summed E-state index contributed by atoms with van der Waals surface area (Å²) < 4.78 is 21.7. The van der Waals surface area contributed by atoms with Gasteiger partial charge in [0.1, 0.15) is 0 Å². The maximum atomic E-state index is 19.7. The number of alkyl halides is 1. The van der Waals surface area contributed by atoms with Crippen molar-refractivity contribution in [1.29, 1.82) is 5.26 Å². The molecule has 1 aromatic carbocycles. The summed E-state index contributed by atoms with van der Waals surface area (Å²) in [6, 6.07) is 8.29. The molecule has 1 saturated heterocycles. The molecular formula is C32H47FIN3O2S. The molecule has 8 heteroatoms. The minimum Gasteiger partial charge on any atom is -0.465 e. The van der Waals surface area contributed by atoms with E-state index in [2.05, 4.69) is 54.7 Å². The second kappa shape index (κ2) is 10.00. The zero-order chi connectivity index (χ0) is 30.9. The number of carboxylic acid groups (broad SMARTS) is 1. The third kappa shape index (κ3) is 4.35. The fraction of sp³-hybridized carbons (Fsp3) is 0.688. The maximum absolute atomic E-state index is 19.7. The number of fused-ring (bicyclic) bond motifs is 1. The van der Waals surface area contributed by atoms with Crippen molar-refractivity contribution in [1.82, 2.24) is 4.90 Å². The van der Waals surface area contributed by atoms with Crippen molar-refractivity contribution >= 4 is 55.8 Å². The van der Waals surface area contributed by atoms with Crippen molar-refractivity contribution in [3.63, 3.8) is 0 Å². The second-order valence-electron chi connectivity index (χ2n) is 15.5. The van der Waals surface area contributed by atoms with Crippen molar-refractivity contribution in [2.75, 3.05) is 11.9 Å². The number of nitriles is 1. The molecule has 0 spiro atoms. The second-order valence-corrected chi connectivity index (χ2v) is 18.3. The average Bonchev–Trinajstić information content (AvgIpc) is 3.07. The number of hydrogen-bond donors (Lipinski definition) is 2. The number of amides is 1. The summed E-state index contributed by atoms with van der Waals surface area (Å²) in [7, 11) is 0. The van der Waals surface area contributed by atoms with E-state index in [4.69, 9.17) is 0 Å². The van der Waals surface area contributed by atoms with Gasteiger partial charge in [0, 0.05) is 12.0 Å². The van der Waals surface area contributed by atoms with Crippen LogP contribution < -0.4 is 5.32 Å². The number of likely N-dealkylation sites (tertiary alicyclic amines) is 1. The first kappa shape index (κ1) is 32.9. The molecule has 2 heterocycles. The normalized spacial score (nSPS) is 24.2. The van der Waals surface area contributed by atoms with Gasteiger partial charge in [0.25, 0.3) is 0 Å². The minimum absolute atomic E-state index is 0.202. The SMILES string of the molecule is CC(C)(C)C1(Nc2cccc3c(CC#N)c(I)sc23)CCN(C(=O)O)C(C(C)(C)C)(C(C)(C)C)C1(F)C(C)(C)C. The topological polar surface area (TPSA) is 76.4 Å². The van der Waals surface area contributed by atoms with E-state index in [1.807, 2.05) is 80.5 Å². The smallest absolute Gasteiger partial charge is 0.407 e. The van der Waals surface area contributed by atoms with Gasteiger partial charge in [0.05, 0.1) is 36.8 Å². The van der Waals surface area contributed by atoms with Gasteiger partial charge in [-0.1, -0.05) is 95.2 Å². The molecule has 5 nitrogen and oxygen atoms in total. The lowest BCUT2D eigenvalue weighted by atomic mass is 9.39. The van der Waals surface area contributed by atoms with Crippen LogP contribution in [0.25, 0.3) is 10.1 Å². The van der Waals surface area contributed by atoms with Crippen molar-refractivity contribution in [2.24, 2.45) is 21.7 Å². The van der Waals surface area contributed by atoms with Crippen LogP contribution in [0.5, 0.6) is 0 Å². The van der Waals surface area contributed by atoms with Gasteiger partial charge in [-0.3, -0.25) is 4.90 Å². The first-order valence-corrected chi connectivity index (χ1v) is 15.9. The van der Waals surface area contributed by atoms with Crippen LogP contribution in [0.4, 0.5) is 14.9 Å². The summed E-state index contributed by atoms with van der Waals surface area (Å²) in [5.74, 6) is 0. The lowest BCUT2D eigenvalue weighted by Crippen LogP contribution is -2.89. The molecule has 1 aliphatic rings. The molecule has 0 aliphatic carbocycles. The van der Waals surface area contributed by atoms with Crippen LogP contribution in [0.3, 0.4) is 0 Å². The summed E-state index contributed by atoms with van der Waals surface area (Å²) in [5, 5.41) is 25.0. The maximum Gasteiger partial charge on any atom is 0.407 e. The van der Waals surface area contributed by atoms with Gasteiger partial charge in [0.15, 0.2) is 5.67 Å². The molecule has 1 fully saturated rings. The molecule has 2 aromatic rings. The Morgan fingerprint density at radius 3 is 2.02 bits per heavy atom. The molecule has 2 N–H and O–H groups in total. The zero-order valence-corrected chi connectivity index (χ0v) is 29.2. The van der Waals surface area contributed by atoms with Gasteiger partial charge in [0.2, 0.25) is 0 Å². The number of thiophene rings is 1. The minimum atomic E-state index is -2.06. The van der Waals surface area contributed by atoms with Crippen LogP contribution in [0.2, 0.25) is 0 Å². The Morgan fingerprint density at radius 2 is 1.60 bits per heavy atom. The monoisotopic (exact) mass is 683 g/mol. The Morgan fingerprint density at radius 1 is 1.05 bits per heavy atom. The molecule has 0 saturated carbocycles.